The maximum Gasteiger partial charge on any atom is 0.338 e. The molecule has 2 aromatic heterocycles. The van der Waals surface area contributed by atoms with Crippen LogP contribution in [0.25, 0.3) is 10.9 Å². The van der Waals surface area contributed by atoms with E-state index < -0.39 is 5.97 Å². The van der Waals surface area contributed by atoms with Crippen LogP contribution in [0.3, 0.4) is 0 Å². The van der Waals surface area contributed by atoms with Crippen molar-refractivity contribution in [1.29, 1.82) is 0 Å². The molecule has 2 amide bonds. The number of piperidine rings is 1. The van der Waals surface area contributed by atoms with Crippen molar-refractivity contribution < 1.29 is 24.2 Å². The van der Waals surface area contributed by atoms with Gasteiger partial charge >= 0.3 is 5.97 Å². The van der Waals surface area contributed by atoms with E-state index in [1.54, 1.807) is 35.7 Å². The molecule has 1 aromatic carbocycles. The number of phenols is 1. The minimum atomic E-state index is -0.525. The molecule has 3 aromatic rings. The zero-order valence-corrected chi connectivity index (χ0v) is 20.2. The fraction of sp³-hybridized carbons (Fsp3) is 0.385. The van der Waals surface area contributed by atoms with Gasteiger partial charge in [0.05, 0.1) is 34.3 Å². The number of aryl methyl sites for hydroxylation is 1. The summed E-state index contributed by atoms with van der Waals surface area (Å²) >= 11 is 0. The SMILES string of the molecule is CCOC(=O)c1ccc(O)c(NC(=O)C2CC23CCN(C(=O)c2c[nH]c(=O)c4ccn(C)c24)CC3)c1. The smallest absolute Gasteiger partial charge is 0.338 e. The van der Waals surface area contributed by atoms with E-state index in [2.05, 4.69) is 10.3 Å². The number of anilines is 1. The maximum atomic E-state index is 13.3. The maximum absolute atomic E-state index is 13.3. The minimum Gasteiger partial charge on any atom is -0.506 e. The number of H-pyrrole nitrogens is 1. The predicted molar refractivity (Wildman–Crippen MR) is 132 cm³/mol. The molecule has 1 saturated carbocycles. The number of aromatic hydroxyl groups is 1. The number of likely N-dealkylation sites (tertiary alicyclic amines) is 1. The summed E-state index contributed by atoms with van der Waals surface area (Å²) in [5.41, 5.74) is 1.07. The number of aromatic nitrogens is 2. The van der Waals surface area contributed by atoms with Gasteiger partial charge in [-0.15, -0.1) is 0 Å². The molecular formula is C26H28N4O6. The van der Waals surface area contributed by atoms with E-state index in [0.29, 0.717) is 48.8 Å². The van der Waals surface area contributed by atoms with E-state index in [4.69, 9.17) is 4.74 Å². The first-order valence-corrected chi connectivity index (χ1v) is 12.0. The zero-order valence-electron chi connectivity index (χ0n) is 20.2. The highest BCUT2D eigenvalue weighted by Crippen LogP contribution is 2.59. The Balaban J connectivity index is 1.24. The molecule has 1 atom stereocenters. The van der Waals surface area contributed by atoms with Gasteiger partial charge in [-0.3, -0.25) is 14.4 Å². The van der Waals surface area contributed by atoms with Gasteiger partial charge in [-0.2, -0.15) is 0 Å². The second kappa shape index (κ2) is 8.85. The Morgan fingerprint density at radius 3 is 2.69 bits per heavy atom. The first-order chi connectivity index (χ1) is 17.2. The topological polar surface area (TPSA) is 134 Å². The molecule has 1 unspecified atom stereocenters. The number of phenolic OH excluding ortho intramolecular Hbond substituents is 1. The Morgan fingerprint density at radius 2 is 1.97 bits per heavy atom. The second-order valence-corrected chi connectivity index (χ2v) is 9.57. The van der Waals surface area contributed by atoms with E-state index >= 15 is 0 Å². The molecule has 2 aliphatic rings. The zero-order chi connectivity index (χ0) is 25.6. The molecule has 2 fully saturated rings. The van der Waals surface area contributed by atoms with E-state index in [1.807, 2.05) is 0 Å². The molecule has 0 bridgehead atoms. The summed E-state index contributed by atoms with van der Waals surface area (Å²) in [6, 6.07) is 5.91. The number of hydrogen-bond acceptors (Lipinski definition) is 6. The van der Waals surface area contributed by atoms with Crippen molar-refractivity contribution >= 4 is 34.4 Å². The molecule has 1 spiro atoms. The summed E-state index contributed by atoms with van der Waals surface area (Å²) in [5, 5.41) is 13.4. The Kier molecular flexibility index (Phi) is 5.82. The van der Waals surface area contributed by atoms with Crippen molar-refractivity contribution in [3.8, 4) is 5.75 Å². The van der Waals surface area contributed by atoms with Crippen LogP contribution in [0.15, 0.2) is 41.5 Å². The van der Waals surface area contributed by atoms with Gasteiger partial charge in [-0.1, -0.05) is 0 Å². The minimum absolute atomic E-state index is 0.126. The third-order valence-corrected chi connectivity index (χ3v) is 7.47. The van der Waals surface area contributed by atoms with Gasteiger partial charge in [0, 0.05) is 38.4 Å². The van der Waals surface area contributed by atoms with Gasteiger partial charge in [0.1, 0.15) is 5.75 Å². The van der Waals surface area contributed by atoms with Crippen LogP contribution in [-0.4, -0.2) is 57.0 Å². The first kappa shape index (κ1) is 23.7. The Hall–Kier alpha value is -4.08. The number of nitrogens with one attached hydrogen (secondary N) is 2. The molecule has 10 nitrogen and oxygen atoms in total. The lowest BCUT2D eigenvalue weighted by molar-refractivity contribution is -0.118. The molecular weight excluding hydrogens is 464 g/mol. The average molecular weight is 493 g/mol. The van der Waals surface area contributed by atoms with Crippen molar-refractivity contribution in [2.24, 2.45) is 18.4 Å². The van der Waals surface area contributed by atoms with Crippen molar-refractivity contribution in [3.05, 3.63) is 58.1 Å². The van der Waals surface area contributed by atoms with Crippen LogP contribution in [0.1, 0.15) is 46.9 Å². The summed E-state index contributed by atoms with van der Waals surface area (Å²) in [6.07, 6.45) is 5.31. The standard InChI is InChI=1S/C26H28N4O6/c1-3-36-25(35)15-4-5-20(31)19(12-15)28-23(33)18-13-26(18)7-10-30(11-8-26)24(34)17-14-27-22(32)16-6-9-29(2)21(16)17/h4-6,9,12,14,18,31H,3,7-8,10-11,13H2,1-2H3,(H,27,32)(H,28,33). The van der Waals surface area contributed by atoms with Crippen LogP contribution in [0.5, 0.6) is 5.75 Å². The molecule has 3 N–H and O–H groups in total. The van der Waals surface area contributed by atoms with Crippen LogP contribution in [0.4, 0.5) is 5.69 Å². The number of ether oxygens (including phenoxy) is 1. The fourth-order valence-electron chi connectivity index (χ4n) is 5.29. The van der Waals surface area contributed by atoms with Gasteiger partial charge in [-0.05, 0) is 55.9 Å². The Bertz CT molecular complexity index is 1430. The van der Waals surface area contributed by atoms with Crippen molar-refractivity contribution in [1.82, 2.24) is 14.5 Å². The van der Waals surface area contributed by atoms with Crippen LogP contribution >= 0.6 is 0 Å². The van der Waals surface area contributed by atoms with Gasteiger partial charge in [-0.25, -0.2) is 4.79 Å². The number of hydrogen-bond donors (Lipinski definition) is 3. The van der Waals surface area contributed by atoms with E-state index in [9.17, 15) is 24.3 Å². The number of amides is 2. The third-order valence-electron chi connectivity index (χ3n) is 7.47. The van der Waals surface area contributed by atoms with Crippen LogP contribution < -0.4 is 10.9 Å². The first-order valence-electron chi connectivity index (χ1n) is 12.0. The van der Waals surface area contributed by atoms with Crippen molar-refractivity contribution in [2.45, 2.75) is 26.2 Å². The number of pyridine rings is 1. The summed E-state index contributed by atoms with van der Waals surface area (Å²) in [7, 11) is 1.80. The molecule has 0 radical (unpaired) electrons. The second-order valence-electron chi connectivity index (χ2n) is 9.57. The molecule has 1 aliphatic heterocycles. The Morgan fingerprint density at radius 1 is 1.22 bits per heavy atom. The highest BCUT2D eigenvalue weighted by atomic mass is 16.5. The van der Waals surface area contributed by atoms with Crippen LogP contribution in [0.2, 0.25) is 0 Å². The summed E-state index contributed by atoms with van der Waals surface area (Å²) in [5.74, 6) is -1.23. The van der Waals surface area contributed by atoms with Gasteiger partial charge in [0.15, 0.2) is 0 Å². The molecule has 1 saturated heterocycles. The fourth-order valence-corrected chi connectivity index (χ4v) is 5.29. The highest BCUT2D eigenvalue weighted by Gasteiger charge is 2.58. The predicted octanol–water partition coefficient (Wildman–Crippen LogP) is 2.63. The van der Waals surface area contributed by atoms with E-state index in [-0.39, 0.29) is 52.3 Å². The lowest BCUT2D eigenvalue weighted by Crippen LogP contribution is -2.40. The van der Waals surface area contributed by atoms with E-state index in [0.717, 1.165) is 0 Å². The number of nitrogens with zero attached hydrogens (tertiary/aromatic N) is 2. The van der Waals surface area contributed by atoms with E-state index in [1.165, 1.54) is 24.4 Å². The monoisotopic (exact) mass is 492 g/mol. The number of rotatable bonds is 5. The number of aromatic amines is 1. The highest BCUT2D eigenvalue weighted by molar-refractivity contribution is 6.05. The average Bonchev–Trinajstić information content (AvgIpc) is 3.42. The molecule has 36 heavy (non-hydrogen) atoms. The summed E-state index contributed by atoms with van der Waals surface area (Å²) in [4.78, 5) is 54.8. The van der Waals surface area contributed by atoms with Crippen LogP contribution in [-0.2, 0) is 16.6 Å². The molecule has 3 heterocycles. The van der Waals surface area contributed by atoms with Crippen LogP contribution in [0, 0.1) is 11.3 Å². The van der Waals surface area contributed by atoms with Gasteiger partial charge < -0.3 is 29.6 Å². The summed E-state index contributed by atoms with van der Waals surface area (Å²) in [6.45, 7) is 2.95. The molecule has 188 valence electrons. The quantitative estimate of drug-likeness (QED) is 0.370. The lowest BCUT2D eigenvalue weighted by atomic mass is 9.90. The summed E-state index contributed by atoms with van der Waals surface area (Å²) < 4.78 is 6.76. The lowest BCUT2D eigenvalue weighted by Gasteiger charge is -2.33. The van der Waals surface area contributed by atoms with Gasteiger partial charge in [0.25, 0.3) is 11.5 Å². The normalized spacial score (nSPS) is 18.3. The third kappa shape index (κ3) is 4.02. The van der Waals surface area contributed by atoms with Crippen molar-refractivity contribution in [3.63, 3.8) is 0 Å². The van der Waals surface area contributed by atoms with Gasteiger partial charge in [0.2, 0.25) is 5.91 Å². The Labute approximate surface area is 206 Å². The number of carbonyl (C=O) groups excluding carboxylic acids is 3. The number of fused-ring (bicyclic) bond motifs is 1. The molecule has 5 rings (SSSR count). The largest absolute Gasteiger partial charge is 0.506 e. The van der Waals surface area contributed by atoms with Crippen molar-refractivity contribution in [2.75, 3.05) is 25.0 Å². The number of benzene rings is 1. The molecule has 10 heteroatoms. The molecule has 1 aliphatic carbocycles. The number of esters is 1. The number of carbonyl (C=O) groups is 3.